The normalized spacial score (nSPS) is 20.7. The quantitative estimate of drug-likeness (QED) is 0.665. The molecule has 0 aliphatic heterocycles. The van der Waals surface area contributed by atoms with Crippen molar-refractivity contribution in [1.82, 2.24) is 14.3 Å². The number of H-pyrrole nitrogens is 1. The Balaban J connectivity index is 1.64. The molecule has 1 atom stereocenters. The first-order chi connectivity index (χ1) is 14.9. The van der Waals surface area contributed by atoms with E-state index in [-0.39, 0.29) is 17.6 Å². The standard InChI is InChI=1S/C22H33N3O6S/c1-22(2,3)31-21(27)25(4)32(28,29)13-14-6-8-15(9-7-14)19(26)18-16-10-11-23-20(16)24-12-17(18)30-5/h10-12,14-15,19,26H,6-9,13H2,1-5H3,(H,23,24). The number of fused-ring (bicyclic) bond motifs is 1. The Morgan fingerprint density at radius 2 is 1.97 bits per heavy atom. The fraction of sp³-hybridized carbons (Fsp3) is 0.636. The number of rotatable bonds is 6. The average molecular weight is 468 g/mol. The number of aromatic nitrogens is 2. The van der Waals surface area contributed by atoms with Crippen LogP contribution in [0, 0.1) is 11.8 Å². The summed E-state index contributed by atoms with van der Waals surface area (Å²) >= 11 is 0. The van der Waals surface area contributed by atoms with Crippen LogP contribution >= 0.6 is 0 Å². The molecule has 9 nitrogen and oxygen atoms in total. The number of sulfonamides is 1. The van der Waals surface area contributed by atoms with Crippen LogP contribution in [-0.2, 0) is 14.8 Å². The molecule has 2 aromatic heterocycles. The van der Waals surface area contributed by atoms with Crippen molar-refractivity contribution < 1.29 is 27.8 Å². The smallest absolute Gasteiger partial charge is 0.423 e. The van der Waals surface area contributed by atoms with Crippen LogP contribution in [0.2, 0.25) is 0 Å². The predicted octanol–water partition coefficient (Wildman–Crippen LogP) is 3.61. The summed E-state index contributed by atoms with van der Waals surface area (Å²) in [5.41, 5.74) is 0.623. The van der Waals surface area contributed by atoms with Crippen LogP contribution < -0.4 is 4.74 Å². The Kier molecular flexibility index (Phi) is 7.04. The molecule has 0 saturated heterocycles. The molecule has 0 spiro atoms. The van der Waals surface area contributed by atoms with Gasteiger partial charge in [0.25, 0.3) is 0 Å². The first-order valence-corrected chi connectivity index (χ1v) is 12.4. The number of amides is 1. The number of pyridine rings is 1. The van der Waals surface area contributed by atoms with E-state index in [2.05, 4.69) is 9.97 Å². The maximum absolute atomic E-state index is 12.7. The highest BCUT2D eigenvalue weighted by Gasteiger charge is 2.35. The zero-order chi connectivity index (χ0) is 23.7. The molecular formula is C22H33N3O6S. The van der Waals surface area contributed by atoms with E-state index in [1.807, 2.05) is 6.07 Å². The number of aliphatic hydroxyl groups is 1. The van der Waals surface area contributed by atoms with Crippen molar-refractivity contribution >= 4 is 27.1 Å². The summed E-state index contributed by atoms with van der Waals surface area (Å²) in [5, 5.41) is 12.0. The van der Waals surface area contributed by atoms with E-state index >= 15 is 0 Å². The fourth-order valence-electron chi connectivity index (χ4n) is 4.23. The van der Waals surface area contributed by atoms with Crippen molar-refractivity contribution in [3.63, 3.8) is 0 Å². The van der Waals surface area contributed by atoms with Crippen LogP contribution in [0.5, 0.6) is 5.75 Å². The van der Waals surface area contributed by atoms with Crippen LogP contribution in [-0.4, -0.2) is 59.4 Å². The molecule has 178 valence electrons. The Morgan fingerprint density at radius 1 is 1.31 bits per heavy atom. The van der Waals surface area contributed by atoms with Gasteiger partial charge in [0, 0.05) is 24.2 Å². The summed E-state index contributed by atoms with van der Waals surface area (Å²) in [6, 6.07) is 1.87. The van der Waals surface area contributed by atoms with Gasteiger partial charge in [-0.3, -0.25) is 0 Å². The zero-order valence-corrected chi connectivity index (χ0v) is 20.1. The van der Waals surface area contributed by atoms with Gasteiger partial charge in [0.1, 0.15) is 17.0 Å². The molecule has 1 amide bonds. The third-order valence-electron chi connectivity index (χ3n) is 5.96. The van der Waals surface area contributed by atoms with E-state index in [0.29, 0.717) is 46.9 Å². The van der Waals surface area contributed by atoms with Crippen LogP contribution in [0.4, 0.5) is 4.79 Å². The Labute approximate surface area is 189 Å². The van der Waals surface area contributed by atoms with Crippen LogP contribution in [0.15, 0.2) is 18.5 Å². The van der Waals surface area contributed by atoms with Gasteiger partial charge in [-0.25, -0.2) is 22.5 Å². The maximum atomic E-state index is 12.7. The number of hydrogen-bond acceptors (Lipinski definition) is 7. The highest BCUT2D eigenvalue weighted by atomic mass is 32.2. The summed E-state index contributed by atoms with van der Waals surface area (Å²) in [6.07, 6.45) is 4.40. The second-order valence-electron chi connectivity index (χ2n) is 9.43. The van der Waals surface area contributed by atoms with Gasteiger partial charge in [0.15, 0.2) is 0 Å². The fourth-order valence-corrected chi connectivity index (χ4v) is 5.65. The van der Waals surface area contributed by atoms with E-state index in [4.69, 9.17) is 9.47 Å². The second-order valence-corrected chi connectivity index (χ2v) is 11.5. The van der Waals surface area contributed by atoms with Crippen LogP contribution in [0.3, 0.4) is 0 Å². The van der Waals surface area contributed by atoms with Crippen molar-refractivity contribution in [3.05, 3.63) is 24.0 Å². The van der Waals surface area contributed by atoms with Gasteiger partial charge in [0.05, 0.1) is 25.2 Å². The average Bonchev–Trinajstić information content (AvgIpc) is 3.19. The lowest BCUT2D eigenvalue weighted by Crippen LogP contribution is -2.40. The molecule has 10 heteroatoms. The second kappa shape index (κ2) is 9.27. The number of carbonyl (C=O) groups excluding carboxylic acids is 1. The monoisotopic (exact) mass is 467 g/mol. The SMILES string of the molecule is COc1cnc2[nH]ccc2c1C(O)C1CCC(CS(=O)(=O)N(C)C(=O)OC(C)(C)C)CC1. The first-order valence-electron chi connectivity index (χ1n) is 10.8. The predicted molar refractivity (Wildman–Crippen MR) is 121 cm³/mol. The molecule has 32 heavy (non-hydrogen) atoms. The largest absolute Gasteiger partial charge is 0.495 e. The van der Waals surface area contributed by atoms with Crippen molar-refractivity contribution in [1.29, 1.82) is 0 Å². The molecule has 0 bridgehead atoms. The van der Waals surface area contributed by atoms with Gasteiger partial charge in [0.2, 0.25) is 10.0 Å². The van der Waals surface area contributed by atoms with E-state index in [1.54, 1.807) is 40.3 Å². The minimum absolute atomic E-state index is 0.0214. The van der Waals surface area contributed by atoms with Gasteiger partial charge in [-0.05, 0) is 64.4 Å². The number of ether oxygens (including phenoxy) is 2. The third kappa shape index (κ3) is 5.35. The van der Waals surface area contributed by atoms with Crippen molar-refractivity contribution in [2.24, 2.45) is 11.8 Å². The molecule has 0 radical (unpaired) electrons. The van der Waals surface area contributed by atoms with Crippen molar-refractivity contribution in [3.8, 4) is 5.75 Å². The van der Waals surface area contributed by atoms with Crippen molar-refractivity contribution in [2.45, 2.75) is 58.2 Å². The van der Waals surface area contributed by atoms with E-state index in [1.165, 1.54) is 7.05 Å². The maximum Gasteiger partial charge on any atom is 0.423 e. The Morgan fingerprint density at radius 3 is 2.56 bits per heavy atom. The highest BCUT2D eigenvalue weighted by molar-refractivity contribution is 7.89. The third-order valence-corrected chi connectivity index (χ3v) is 7.84. The summed E-state index contributed by atoms with van der Waals surface area (Å²) < 4.78 is 36.7. The molecule has 2 heterocycles. The highest BCUT2D eigenvalue weighted by Crippen LogP contribution is 2.42. The molecule has 1 aliphatic rings. The number of aromatic amines is 1. The van der Waals surface area contributed by atoms with Gasteiger partial charge in [-0.15, -0.1) is 0 Å². The summed E-state index contributed by atoms with van der Waals surface area (Å²) in [4.78, 5) is 19.5. The lowest BCUT2D eigenvalue weighted by molar-refractivity contribution is 0.0419. The number of carbonyl (C=O) groups is 1. The first kappa shape index (κ1) is 24.3. The van der Waals surface area contributed by atoms with Crippen molar-refractivity contribution in [2.75, 3.05) is 19.9 Å². The lowest BCUT2D eigenvalue weighted by Gasteiger charge is -2.33. The summed E-state index contributed by atoms with van der Waals surface area (Å²) in [7, 11) is -1.01. The number of aliphatic hydroxyl groups excluding tert-OH is 1. The van der Waals surface area contributed by atoms with Crippen LogP contribution in [0.1, 0.15) is 58.1 Å². The molecule has 3 rings (SSSR count). The van der Waals surface area contributed by atoms with Gasteiger partial charge >= 0.3 is 6.09 Å². The van der Waals surface area contributed by atoms with E-state index in [9.17, 15) is 18.3 Å². The van der Waals surface area contributed by atoms with E-state index < -0.39 is 27.8 Å². The molecule has 2 aromatic rings. The Hall–Kier alpha value is -2.33. The van der Waals surface area contributed by atoms with Gasteiger partial charge in [-0.2, -0.15) is 0 Å². The Bertz CT molecular complexity index is 1050. The van der Waals surface area contributed by atoms with Crippen LogP contribution in [0.25, 0.3) is 11.0 Å². The number of nitrogens with zero attached hydrogens (tertiary/aromatic N) is 2. The number of hydrogen-bond donors (Lipinski definition) is 2. The molecule has 1 saturated carbocycles. The molecule has 1 unspecified atom stereocenters. The van der Waals surface area contributed by atoms with Gasteiger partial charge in [-0.1, -0.05) is 0 Å². The molecular weight excluding hydrogens is 434 g/mol. The topological polar surface area (TPSA) is 122 Å². The summed E-state index contributed by atoms with van der Waals surface area (Å²) in [5.74, 6) is 0.312. The van der Waals surface area contributed by atoms with Gasteiger partial charge < -0.3 is 19.6 Å². The molecule has 0 aromatic carbocycles. The number of nitrogens with one attached hydrogen (secondary N) is 1. The zero-order valence-electron chi connectivity index (χ0n) is 19.3. The minimum atomic E-state index is -3.79. The molecule has 2 N–H and O–H groups in total. The summed E-state index contributed by atoms with van der Waals surface area (Å²) in [6.45, 7) is 5.07. The minimum Gasteiger partial charge on any atom is -0.495 e. The number of methoxy groups -OCH3 is 1. The molecule has 1 aliphatic carbocycles. The van der Waals surface area contributed by atoms with E-state index in [0.717, 1.165) is 5.39 Å². The lowest BCUT2D eigenvalue weighted by atomic mass is 9.78. The molecule has 1 fully saturated rings.